The van der Waals surface area contributed by atoms with E-state index in [-0.39, 0.29) is 6.04 Å². The standard InChI is InChI=1S/C14H24N2O3/c1-17-9-10-19-8-7-13(16-15)11-12-5-3-4-6-14(12)18-2/h3-6,13,16H,7-11,15H2,1-2H3. The van der Waals surface area contributed by atoms with Gasteiger partial charge in [0.1, 0.15) is 5.75 Å². The van der Waals surface area contributed by atoms with Gasteiger partial charge in [0, 0.05) is 19.8 Å². The second kappa shape index (κ2) is 9.75. The van der Waals surface area contributed by atoms with Crippen LogP contribution in [0.15, 0.2) is 24.3 Å². The Balaban J connectivity index is 2.38. The molecule has 1 atom stereocenters. The summed E-state index contributed by atoms with van der Waals surface area (Å²) in [7, 11) is 3.34. The third-order valence-electron chi connectivity index (χ3n) is 2.94. The number of nitrogens with one attached hydrogen (secondary N) is 1. The van der Waals surface area contributed by atoms with Crippen LogP contribution in [-0.2, 0) is 15.9 Å². The van der Waals surface area contributed by atoms with E-state index in [2.05, 4.69) is 11.5 Å². The number of hydrazine groups is 1. The fourth-order valence-electron chi connectivity index (χ4n) is 1.85. The highest BCUT2D eigenvalue weighted by Gasteiger charge is 2.10. The minimum Gasteiger partial charge on any atom is -0.496 e. The third kappa shape index (κ3) is 6.02. The highest BCUT2D eigenvalue weighted by molar-refractivity contribution is 5.33. The first kappa shape index (κ1) is 15.9. The minimum absolute atomic E-state index is 0.166. The number of benzene rings is 1. The Morgan fingerprint density at radius 2 is 1.95 bits per heavy atom. The van der Waals surface area contributed by atoms with E-state index in [0.29, 0.717) is 19.8 Å². The zero-order chi connectivity index (χ0) is 13.9. The Morgan fingerprint density at radius 3 is 2.63 bits per heavy atom. The maximum atomic E-state index is 5.58. The van der Waals surface area contributed by atoms with Crippen LogP contribution < -0.4 is 16.0 Å². The van der Waals surface area contributed by atoms with Crippen LogP contribution in [0.1, 0.15) is 12.0 Å². The van der Waals surface area contributed by atoms with E-state index in [4.69, 9.17) is 20.1 Å². The largest absolute Gasteiger partial charge is 0.496 e. The summed E-state index contributed by atoms with van der Waals surface area (Å²) in [5, 5.41) is 0. The Kier molecular flexibility index (Phi) is 8.16. The van der Waals surface area contributed by atoms with Crippen LogP contribution in [0, 0.1) is 0 Å². The number of nitrogens with two attached hydrogens (primary N) is 1. The van der Waals surface area contributed by atoms with E-state index in [1.165, 1.54) is 0 Å². The molecule has 5 nitrogen and oxygen atoms in total. The fourth-order valence-corrected chi connectivity index (χ4v) is 1.85. The highest BCUT2D eigenvalue weighted by Crippen LogP contribution is 2.19. The van der Waals surface area contributed by atoms with Crippen molar-refractivity contribution in [3.8, 4) is 5.75 Å². The van der Waals surface area contributed by atoms with Gasteiger partial charge in [-0.1, -0.05) is 18.2 Å². The van der Waals surface area contributed by atoms with Crippen molar-refractivity contribution in [2.75, 3.05) is 34.0 Å². The summed E-state index contributed by atoms with van der Waals surface area (Å²) < 4.78 is 15.7. The van der Waals surface area contributed by atoms with Crippen LogP contribution in [0.2, 0.25) is 0 Å². The Bertz CT molecular complexity index is 347. The van der Waals surface area contributed by atoms with Crippen LogP contribution in [0.25, 0.3) is 0 Å². The molecule has 19 heavy (non-hydrogen) atoms. The monoisotopic (exact) mass is 268 g/mol. The zero-order valence-electron chi connectivity index (χ0n) is 11.7. The lowest BCUT2D eigenvalue weighted by molar-refractivity contribution is 0.0658. The van der Waals surface area contributed by atoms with Crippen LogP contribution >= 0.6 is 0 Å². The van der Waals surface area contributed by atoms with Gasteiger partial charge in [0.15, 0.2) is 0 Å². The number of hydrogen-bond acceptors (Lipinski definition) is 5. The van der Waals surface area contributed by atoms with Gasteiger partial charge in [-0.3, -0.25) is 11.3 Å². The molecule has 0 radical (unpaired) electrons. The van der Waals surface area contributed by atoms with E-state index in [1.807, 2.05) is 18.2 Å². The molecule has 0 saturated carbocycles. The second-order valence-electron chi connectivity index (χ2n) is 4.27. The number of hydrogen-bond donors (Lipinski definition) is 2. The average molecular weight is 268 g/mol. The summed E-state index contributed by atoms with van der Waals surface area (Å²) >= 11 is 0. The van der Waals surface area contributed by atoms with Crippen molar-refractivity contribution in [3.63, 3.8) is 0 Å². The summed E-state index contributed by atoms with van der Waals surface area (Å²) in [4.78, 5) is 0. The molecule has 0 spiro atoms. The van der Waals surface area contributed by atoms with E-state index in [1.54, 1.807) is 14.2 Å². The molecule has 1 unspecified atom stereocenters. The first-order chi connectivity index (χ1) is 9.31. The molecule has 0 amide bonds. The molecule has 0 aliphatic heterocycles. The van der Waals surface area contributed by atoms with Gasteiger partial charge in [-0.05, 0) is 24.5 Å². The number of para-hydroxylation sites is 1. The summed E-state index contributed by atoms with van der Waals surface area (Å²) in [5.74, 6) is 6.47. The van der Waals surface area contributed by atoms with E-state index in [9.17, 15) is 0 Å². The molecule has 108 valence electrons. The fraction of sp³-hybridized carbons (Fsp3) is 0.571. The lowest BCUT2D eigenvalue weighted by Crippen LogP contribution is -2.37. The van der Waals surface area contributed by atoms with Crippen LogP contribution in [-0.4, -0.2) is 40.1 Å². The molecule has 1 aromatic carbocycles. The smallest absolute Gasteiger partial charge is 0.122 e. The molecule has 0 heterocycles. The van der Waals surface area contributed by atoms with Crippen molar-refractivity contribution in [2.45, 2.75) is 18.9 Å². The Labute approximate surface area is 115 Å². The summed E-state index contributed by atoms with van der Waals surface area (Å²) in [6.45, 7) is 1.89. The second-order valence-corrected chi connectivity index (χ2v) is 4.27. The van der Waals surface area contributed by atoms with Gasteiger partial charge in [-0.15, -0.1) is 0 Å². The van der Waals surface area contributed by atoms with Gasteiger partial charge in [0.05, 0.1) is 20.3 Å². The number of rotatable bonds is 10. The van der Waals surface area contributed by atoms with Crippen molar-refractivity contribution >= 4 is 0 Å². The molecule has 1 rings (SSSR count). The third-order valence-corrected chi connectivity index (χ3v) is 2.94. The Hall–Kier alpha value is -1.14. The van der Waals surface area contributed by atoms with E-state index < -0.39 is 0 Å². The minimum atomic E-state index is 0.166. The van der Waals surface area contributed by atoms with Crippen molar-refractivity contribution in [1.82, 2.24) is 5.43 Å². The van der Waals surface area contributed by atoms with E-state index >= 15 is 0 Å². The SMILES string of the molecule is COCCOCCC(Cc1ccccc1OC)NN. The lowest BCUT2D eigenvalue weighted by Gasteiger charge is -2.17. The lowest BCUT2D eigenvalue weighted by atomic mass is 10.0. The molecule has 3 N–H and O–H groups in total. The molecule has 5 heteroatoms. The van der Waals surface area contributed by atoms with Gasteiger partial charge >= 0.3 is 0 Å². The predicted molar refractivity (Wildman–Crippen MR) is 75.1 cm³/mol. The predicted octanol–water partition coefficient (Wildman–Crippen LogP) is 1.12. The number of ether oxygens (including phenoxy) is 3. The van der Waals surface area contributed by atoms with Crippen LogP contribution in [0.4, 0.5) is 0 Å². The molecular formula is C14H24N2O3. The summed E-state index contributed by atoms with van der Waals surface area (Å²) in [5.41, 5.74) is 3.97. The van der Waals surface area contributed by atoms with Gasteiger partial charge in [-0.2, -0.15) is 0 Å². The van der Waals surface area contributed by atoms with E-state index in [0.717, 1.165) is 24.2 Å². The normalized spacial score (nSPS) is 12.4. The topological polar surface area (TPSA) is 65.7 Å². The average Bonchev–Trinajstić information content (AvgIpc) is 2.46. The van der Waals surface area contributed by atoms with Crippen molar-refractivity contribution < 1.29 is 14.2 Å². The molecule has 0 saturated heterocycles. The van der Waals surface area contributed by atoms with Gasteiger partial charge < -0.3 is 14.2 Å². The summed E-state index contributed by atoms with van der Waals surface area (Å²) in [6, 6.07) is 8.13. The van der Waals surface area contributed by atoms with Crippen LogP contribution in [0.5, 0.6) is 5.75 Å². The van der Waals surface area contributed by atoms with Crippen molar-refractivity contribution in [1.29, 1.82) is 0 Å². The van der Waals surface area contributed by atoms with Crippen molar-refractivity contribution in [3.05, 3.63) is 29.8 Å². The van der Waals surface area contributed by atoms with Gasteiger partial charge in [0.2, 0.25) is 0 Å². The maximum Gasteiger partial charge on any atom is 0.122 e. The van der Waals surface area contributed by atoms with Gasteiger partial charge in [0.25, 0.3) is 0 Å². The summed E-state index contributed by atoms with van der Waals surface area (Å²) in [6.07, 6.45) is 1.66. The number of methoxy groups -OCH3 is 2. The van der Waals surface area contributed by atoms with Gasteiger partial charge in [-0.25, -0.2) is 0 Å². The molecule has 1 aromatic rings. The first-order valence-electron chi connectivity index (χ1n) is 6.46. The molecular weight excluding hydrogens is 244 g/mol. The first-order valence-corrected chi connectivity index (χ1v) is 6.46. The zero-order valence-corrected chi connectivity index (χ0v) is 11.7. The molecule has 0 aromatic heterocycles. The quantitative estimate of drug-likeness (QED) is 0.378. The highest BCUT2D eigenvalue weighted by atomic mass is 16.5. The molecule has 0 aliphatic rings. The maximum absolute atomic E-state index is 5.58. The van der Waals surface area contributed by atoms with Crippen molar-refractivity contribution in [2.24, 2.45) is 5.84 Å². The molecule has 0 aliphatic carbocycles. The molecule has 0 fully saturated rings. The Morgan fingerprint density at radius 1 is 1.16 bits per heavy atom. The molecule has 0 bridgehead atoms. The van der Waals surface area contributed by atoms with Crippen LogP contribution in [0.3, 0.4) is 0 Å².